The topological polar surface area (TPSA) is 18.5 Å². The number of rotatable bonds is 4. The van der Waals surface area contributed by atoms with Crippen LogP contribution in [0.4, 0.5) is 26.3 Å². The Hall–Kier alpha value is -2.43. The molecular formula is C21H13F6IO2. The molecule has 0 aliphatic heterocycles. The Morgan fingerprint density at radius 2 is 1.07 bits per heavy atom. The number of ether oxygens (including phenoxy) is 2. The molecule has 0 N–H and O–H groups in total. The molecule has 3 aromatic rings. The van der Waals surface area contributed by atoms with E-state index < -0.39 is 23.5 Å². The van der Waals surface area contributed by atoms with Crippen molar-refractivity contribution in [2.24, 2.45) is 0 Å². The van der Waals surface area contributed by atoms with Crippen LogP contribution < -0.4 is 9.47 Å². The van der Waals surface area contributed by atoms with Gasteiger partial charge in [-0.15, -0.1) is 0 Å². The Morgan fingerprint density at radius 1 is 0.633 bits per heavy atom. The second-order valence-electron chi connectivity index (χ2n) is 6.31. The van der Waals surface area contributed by atoms with Crippen molar-refractivity contribution in [3.8, 4) is 23.0 Å². The molecule has 0 amide bonds. The summed E-state index contributed by atoms with van der Waals surface area (Å²) in [5.41, 5.74) is -1.42. The van der Waals surface area contributed by atoms with Crippen molar-refractivity contribution in [1.82, 2.24) is 0 Å². The molecular weight excluding hydrogens is 525 g/mol. The lowest BCUT2D eigenvalue weighted by molar-refractivity contribution is -0.139. The molecule has 0 saturated carbocycles. The highest BCUT2D eigenvalue weighted by molar-refractivity contribution is 14.1. The van der Waals surface area contributed by atoms with E-state index in [1.807, 2.05) is 0 Å². The van der Waals surface area contributed by atoms with Gasteiger partial charge in [-0.3, -0.25) is 0 Å². The van der Waals surface area contributed by atoms with Gasteiger partial charge in [-0.2, -0.15) is 26.3 Å². The first-order chi connectivity index (χ1) is 13.9. The molecule has 0 radical (unpaired) electrons. The molecule has 0 aromatic heterocycles. The van der Waals surface area contributed by atoms with E-state index in [2.05, 4.69) is 0 Å². The van der Waals surface area contributed by atoms with Gasteiger partial charge in [0.05, 0.1) is 11.1 Å². The smallest absolute Gasteiger partial charge is 0.420 e. The summed E-state index contributed by atoms with van der Waals surface area (Å²) in [4.78, 5) is 0. The van der Waals surface area contributed by atoms with Crippen molar-refractivity contribution < 1.29 is 35.8 Å². The van der Waals surface area contributed by atoms with E-state index >= 15 is 0 Å². The van der Waals surface area contributed by atoms with Gasteiger partial charge < -0.3 is 9.47 Å². The zero-order valence-corrected chi connectivity index (χ0v) is 17.4. The fourth-order valence-electron chi connectivity index (χ4n) is 2.60. The summed E-state index contributed by atoms with van der Waals surface area (Å²) in [5.74, 6) is -0.599. The second kappa shape index (κ2) is 8.37. The summed E-state index contributed by atoms with van der Waals surface area (Å²) >= 11 is 1.77. The van der Waals surface area contributed by atoms with E-state index in [1.165, 1.54) is 55.5 Å². The Bertz CT molecular complexity index is 958. The quantitative estimate of drug-likeness (QED) is 0.246. The van der Waals surface area contributed by atoms with Crippen molar-refractivity contribution >= 4 is 22.6 Å². The SMILES string of the molecule is Cc1ccc(Oc2ccc(Oc3ccc(I)cc3C(F)(F)F)cc2)c(C(F)(F)F)c1. The van der Waals surface area contributed by atoms with Crippen molar-refractivity contribution in [1.29, 1.82) is 0 Å². The first kappa shape index (κ1) is 22.3. The van der Waals surface area contributed by atoms with Gasteiger partial charge in [0.2, 0.25) is 0 Å². The van der Waals surface area contributed by atoms with Gasteiger partial charge >= 0.3 is 12.4 Å². The van der Waals surface area contributed by atoms with E-state index in [0.717, 1.165) is 12.1 Å². The Morgan fingerprint density at radius 3 is 1.53 bits per heavy atom. The van der Waals surface area contributed by atoms with E-state index in [9.17, 15) is 26.3 Å². The van der Waals surface area contributed by atoms with Crippen LogP contribution in [-0.4, -0.2) is 0 Å². The lowest BCUT2D eigenvalue weighted by Crippen LogP contribution is -2.08. The maximum atomic E-state index is 13.2. The summed E-state index contributed by atoms with van der Waals surface area (Å²) in [7, 11) is 0. The summed E-state index contributed by atoms with van der Waals surface area (Å²) in [6, 6.07) is 12.6. The van der Waals surface area contributed by atoms with Crippen molar-refractivity contribution in [3.63, 3.8) is 0 Å². The van der Waals surface area contributed by atoms with Crippen molar-refractivity contribution in [3.05, 3.63) is 80.9 Å². The van der Waals surface area contributed by atoms with Gasteiger partial charge in [0.15, 0.2) is 0 Å². The summed E-state index contributed by atoms with van der Waals surface area (Å²) < 4.78 is 90.3. The van der Waals surface area contributed by atoms with Gasteiger partial charge in [-0.1, -0.05) is 11.6 Å². The van der Waals surface area contributed by atoms with Crippen molar-refractivity contribution in [2.45, 2.75) is 19.3 Å². The van der Waals surface area contributed by atoms with Gasteiger partial charge in [-0.25, -0.2) is 0 Å². The van der Waals surface area contributed by atoms with Crippen LogP contribution in [0.1, 0.15) is 16.7 Å². The lowest BCUT2D eigenvalue weighted by atomic mass is 10.1. The average Bonchev–Trinajstić information content (AvgIpc) is 2.64. The Labute approximate surface area is 181 Å². The number of aryl methyl sites for hydroxylation is 1. The molecule has 0 heterocycles. The molecule has 0 spiro atoms. The Balaban J connectivity index is 1.83. The zero-order valence-electron chi connectivity index (χ0n) is 15.2. The standard InChI is InChI=1S/C21H13F6IO2/c1-12-2-8-18(16(10-12)20(22,23)24)29-14-4-6-15(7-5-14)30-19-9-3-13(28)11-17(19)21(25,26)27/h2-11H,1H3. The predicted molar refractivity (Wildman–Crippen MR) is 107 cm³/mol. The summed E-state index contributed by atoms with van der Waals surface area (Å²) in [5, 5.41) is 0. The van der Waals surface area contributed by atoms with E-state index in [1.54, 1.807) is 22.6 Å². The van der Waals surface area contributed by atoms with Crippen LogP contribution in [0.15, 0.2) is 60.7 Å². The largest absolute Gasteiger partial charge is 0.457 e. The highest BCUT2D eigenvalue weighted by Crippen LogP contribution is 2.41. The predicted octanol–water partition coefficient (Wildman–Crippen LogP) is 8.22. The molecule has 0 bridgehead atoms. The normalized spacial score (nSPS) is 12.0. The minimum Gasteiger partial charge on any atom is -0.457 e. The van der Waals surface area contributed by atoms with Crippen LogP contribution in [0.25, 0.3) is 0 Å². The van der Waals surface area contributed by atoms with E-state index in [4.69, 9.17) is 9.47 Å². The number of benzene rings is 3. The second-order valence-corrected chi connectivity index (χ2v) is 7.56. The van der Waals surface area contributed by atoms with Crippen LogP contribution in [0, 0.1) is 10.5 Å². The minimum atomic E-state index is -4.60. The summed E-state index contributed by atoms with van der Waals surface area (Å²) in [6.45, 7) is 1.53. The van der Waals surface area contributed by atoms with Crippen molar-refractivity contribution in [2.75, 3.05) is 0 Å². The molecule has 0 fully saturated rings. The first-order valence-electron chi connectivity index (χ1n) is 8.44. The monoisotopic (exact) mass is 538 g/mol. The van der Waals surface area contributed by atoms with Gasteiger partial charge in [0.25, 0.3) is 0 Å². The number of hydrogen-bond donors (Lipinski definition) is 0. The molecule has 0 aliphatic carbocycles. The fraction of sp³-hybridized carbons (Fsp3) is 0.143. The van der Waals surface area contributed by atoms with Crippen LogP contribution >= 0.6 is 22.6 Å². The third kappa shape index (κ3) is 5.38. The number of alkyl halides is 6. The maximum Gasteiger partial charge on any atom is 0.420 e. The third-order valence-corrected chi connectivity index (χ3v) is 4.64. The van der Waals surface area contributed by atoms with Gasteiger partial charge in [0.1, 0.15) is 23.0 Å². The molecule has 2 nitrogen and oxygen atoms in total. The zero-order chi connectivity index (χ0) is 22.1. The molecule has 0 saturated heterocycles. The highest BCUT2D eigenvalue weighted by atomic mass is 127. The molecule has 9 heteroatoms. The number of halogens is 7. The molecule has 158 valence electrons. The van der Waals surface area contributed by atoms with E-state index in [0.29, 0.717) is 9.13 Å². The third-order valence-electron chi connectivity index (χ3n) is 3.97. The molecule has 30 heavy (non-hydrogen) atoms. The first-order valence-corrected chi connectivity index (χ1v) is 9.52. The molecule has 0 aliphatic rings. The molecule has 0 unspecified atom stereocenters. The van der Waals surface area contributed by atoms with Crippen LogP contribution in [0.2, 0.25) is 0 Å². The Kier molecular flexibility index (Phi) is 6.21. The lowest BCUT2D eigenvalue weighted by Gasteiger charge is -2.16. The molecule has 3 rings (SSSR count). The number of hydrogen-bond acceptors (Lipinski definition) is 2. The summed E-state index contributed by atoms with van der Waals surface area (Å²) in [6.07, 6.45) is -9.19. The van der Waals surface area contributed by atoms with Crippen LogP contribution in [0.5, 0.6) is 23.0 Å². The molecule has 3 aromatic carbocycles. The highest BCUT2D eigenvalue weighted by Gasteiger charge is 2.35. The molecule has 0 atom stereocenters. The van der Waals surface area contributed by atoms with Gasteiger partial charge in [0, 0.05) is 3.57 Å². The fourth-order valence-corrected chi connectivity index (χ4v) is 3.09. The average molecular weight is 538 g/mol. The minimum absolute atomic E-state index is 0.0778. The van der Waals surface area contributed by atoms with Gasteiger partial charge in [-0.05, 0) is 84.1 Å². The van der Waals surface area contributed by atoms with Crippen LogP contribution in [-0.2, 0) is 12.4 Å². The van der Waals surface area contributed by atoms with Crippen LogP contribution in [0.3, 0.4) is 0 Å². The van der Waals surface area contributed by atoms with E-state index in [-0.39, 0.29) is 23.0 Å². The maximum absolute atomic E-state index is 13.2.